The zero-order valence-electron chi connectivity index (χ0n) is 14.5. The highest BCUT2D eigenvalue weighted by atomic mass is 32.2. The first kappa shape index (κ1) is 25.1. The molecule has 0 aromatic carbocycles. The second-order valence-electron chi connectivity index (χ2n) is 5.47. The van der Waals surface area contributed by atoms with Crippen LogP contribution in [-0.4, -0.2) is 85.7 Å². The topological polar surface area (TPSA) is 233 Å². The SMILES string of the molecule is NC(CCC(=O)NC(CSC(CC(=O)O)C(=O)O)C(=O)NCC(=O)O)C(=O)O. The normalized spacial score (nSPS) is 13.6. The first-order chi connectivity index (χ1) is 12.9. The third kappa shape index (κ3) is 11.0. The Bertz CT molecular complexity index is 626. The molecule has 8 N–H and O–H groups in total. The van der Waals surface area contributed by atoms with Gasteiger partial charge < -0.3 is 36.8 Å². The molecule has 2 amide bonds. The van der Waals surface area contributed by atoms with Gasteiger partial charge in [0.25, 0.3) is 0 Å². The van der Waals surface area contributed by atoms with Crippen LogP contribution >= 0.6 is 11.8 Å². The van der Waals surface area contributed by atoms with Crippen LogP contribution in [0.1, 0.15) is 19.3 Å². The van der Waals surface area contributed by atoms with E-state index in [1.54, 1.807) is 0 Å². The zero-order valence-corrected chi connectivity index (χ0v) is 15.3. The lowest BCUT2D eigenvalue weighted by molar-refractivity contribution is -0.142. The van der Waals surface area contributed by atoms with Gasteiger partial charge in [0.15, 0.2) is 0 Å². The summed E-state index contributed by atoms with van der Waals surface area (Å²) in [5.74, 6) is -7.53. The van der Waals surface area contributed by atoms with E-state index in [4.69, 9.17) is 26.2 Å². The molecular weight excluding hydrogens is 402 g/mol. The van der Waals surface area contributed by atoms with E-state index in [0.29, 0.717) is 11.8 Å². The summed E-state index contributed by atoms with van der Waals surface area (Å²) in [6.45, 7) is -0.753. The first-order valence-electron chi connectivity index (χ1n) is 7.77. The summed E-state index contributed by atoms with van der Waals surface area (Å²) in [6, 6.07) is -2.67. The van der Waals surface area contributed by atoms with E-state index in [1.165, 1.54) is 0 Å². The van der Waals surface area contributed by atoms with Crippen molar-refractivity contribution in [2.45, 2.75) is 36.6 Å². The molecule has 0 bridgehead atoms. The Morgan fingerprint density at radius 2 is 1.54 bits per heavy atom. The summed E-state index contributed by atoms with van der Waals surface area (Å²) in [6.07, 6.45) is -1.31. The molecule has 0 aromatic heterocycles. The molecule has 0 saturated heterocycles. The van der Waals surface area contributed by atoms with E-state index in [2.05, 4.69) is 5.32 Å². The fraction of sp³-hybridized carbons (Fsp3) is 0.571. The predicted molar refractivity (Wildman–Crippen MR) is 93.6 cm³/mol. The van der Waals surface area contributed by atoms with Crippen molar-refractivity contribution in [1.82, 2.24) is 10.6 Å². The van der Waals surface area contributed by atoms with Crippen LogP contribution in [0.5, 0.6) is 0 Å². The smallest absolute Gasteiger partial charge is 0.322 e. The number of amides is 2. The largest absolute Gasteiger partial charge is 0.481 e. The van der Waals surface area contributed by atoms with E-state index >= 15 is 0 Å². The number of aliphatic carboxylic acids is 4. The van der Waals surface area contributed by atoms with E-state index in [0.717, 1.165) is 0 Å². The van der Waals surface area contributed by atoms with Gasteiger partial charge in [0.2, 0.25) is 11.8 Å². The minimum atomic E-state index is -1.43. The molecular formula is C14H21N3O10S. The number of hydrogen-bond donors (Lipinski definition) is 7. The zero-order chi connectivity index (χ0) is 21.9. The lowest BCUT2D eigenvalue weighted by Gasteiger charge is -2.19. The van der Waals surface area contributed by atoms with Gasteiger partial charge in [-0.05, 0) is 6.42 Å². The third-order valence-corrected chi connectivity index (χ3v) is 4.46. The Morgan fingerprint density at radius 1 is 0.929 bits per heavy atom. The van der Waals surface area contributed by atoms with Gasteiger partial charge in [-0.15, -0.1) is 11.8 Å². The highest BCUT2D eigenvalue weighted by molar-refractivity contribution is 8.00. The molecule has 0 aromatic rings. The molecule has 0 fully saturated rings. The number of nitrogens with one attached hydrogen (secondary N) is 2. The van der Waals surface area contributed by atoms with Crippen molar-refractivity contribution in [3.8, 4) is 0 Å². The van der Waals surface area contributed by atoms with Crippen molar-refractivity contribution in [3.05, 3.63) is 0 Å². The molecule has 0 radical (unpaired) electrons. The average Bonchev–Trinajstić information content (AvgIpc) is 2.58. The molecule has 0 rings (SSSR count). The van der Waals surface area contributed by atoms with Crippen LogP contribution < -0.4 is 16.4 Å². The average molecular weight is 423 g/mol. The van der Waals surface area contributed by atoms with Crippen molar-refractivity contribution < 1.29 is 49.2 Å². The van der Waals surface area contributed by atoms with Crippen molar-refractivity contribution >= 4 is 47.5 Å². The lowest BCUT2D eigenvalue weighted by Crippen LogP contribution is -2.50. The summed E-state index contributed by atoms with van der Waals surface area (Å²) in [5.41, 5.74) is 5.27. The quantitative estimate of drug-likeness (QED) is 0.154. The van der Waals surface area contributed by atoms with Crippen molar-refractivity contribution in [3.63, 3.8) is 0 Å². The number of carboxylic acids is 4. The maximum Gasteiger partial charge on any atom is 0.322 e. The van der Waals surface area contributed by atoms with Crippen LogP contribution in [0.2, 0.25) is 0 Å². The first-order valence-corrected chi connectivity index (χ1v) is 8.82. The number of carbonyl (C=O) groups is 6. The minimum absolute atomic E-state index is 0.228. The molecule has 28 heavy (non-hydrogen) atoms. The second-order valence-corrected chi connectivity index (χ2v) is 6.71. The molecule has 0 aliphatic heterocycles. The highest BCUT2D eigenvalue weighted by Gasteiger charge is 2.27. The number of hydrogen-bond acceptors (Lipinski definition) is 8. The number of nitrogens with two attached hydrogens (primary N) is 1. The lowest BCUT2D eigenvalue weighted by atomic mass is 10.1. The Labute approximate surface area is 162 Å². The molecule has 0 aliphatic rings. The number of carbonyl (C=O) groups excluding carboxylic acids is 2. The standard InChI is InChI=1S/C14H21N3O10S/c15-6(13(24)25)1-2-9(18)17-7(12(23)16-4-11(21)22)5-28-8(14(26)27)3-10(19)20/h6-8H,1-5,15H2,(H,16,23)(H,17,18)(H,19,20)(H,21,22)(H,24,25)(H,26,27). The summed E-state index contributed by atoms with van der Waals surface area (Å²) in [7, 11) is 0. The van der Waals surface area contributed by atoms with Gasteiger partial charge in [-0.25, -0.2) is 0 Å². The number of rotatable bonds is 14. The Kier molecular flexibility index (Phi) is 11.2. The fourth-order valence-corrected chi connectivity index (χ4v) is 2.80. The highest BCUT2D eigenvalue weighted by Crippen LogP contribution is 2.17. The van der Waals surface area contributed by atoms with Crippen molar-refractivity contribution in [2.75, 3.05) is 12.3 Å². The van der Waals surface area contributed by atoms with Gasteiger partial charge in [-0.3, -0.25) is 28.8 Å². The molecule has 3 atom stereocenters. The summed E-state index contributed by atoms with van der Waals surface area (Å²) in [5, 5.41) is 37.8. The fourth-order valence-electron chi connectivity index (χ4n) is 1.73. The third-order valence-electron chi connectivity index (χ3n) is 3.16. The van der Waals surface area contributed by atoms with Gasteiger partial charge >= 0.3 is 23.9 Å². The van der Waals surface area contributed by atoms with E-state index in [1.807, 2.05) is 5.32 Å². The van der Waals surface area contributed by atoms with Crippen LogP contribution in [0.4, 0.5) is 0 Å². The molecule has 0 spiro atoms. The van der Waals surface area contributed by atoms with E-state index in [9.17, 15) is 28.8 Å². The van der Waals surface area contributed by atoms with Gasteiger partial charge in [0.05, 0.1) is 6.42 Å². The molecule has 0 aliphatic carbocycles. The Hall–Kier alpha value is -2.87. The monoisotopic (exact) mass is 423 g/mol. The van der Waals surface area contributed by atoms with E-state index < -0.39 is 66.0 Å². The van der Waals surface area contributed by atoms with Gasteiger partial charge in [0, 0.05) is 12.2 Å². The molecule has 158 valence electrons. The van der Waals surface area contributed by atoms with Crippen molar-refractivity contribution in [1.29, 1.82) is 0 Å². The minimum Gasteiger partial charge on any atom is -0.481 e. The van der Waals surface area contributed by atoms with Crippen LogP contribution in [-0.2, 0) is 28.8 Å². The maximum absolute atomic E-state index is 12.0. The van der Waals surface area contributed by atoms with Crippen LogP contribution in [0.15, 0.2) is 0 Å². The van der Waals surface area contributed by atoms with Crippen LogP contribution in [0, 0.1) is 0 Å². The summed E-state index contributed by atoms with van der Waals surface area (Å²) in [4.78, 5) is 66.9. The Morgan fingerprint density at radius 3 is 2.00 bits per heavy atom. The molecule has 13 nitrogen and oxygen atoms in total. The van der Waals surface area contributed by atoms with E-state index in [-0.39, 0.29) is 18.6 Å². The molecule has 0 heterocycles. The van der Waals surface area contributed by atoms with Crippen LogP contribution in [0.25, 0.3) is 0 Å². The number of thioether (sulfide) groups is 1. The van der Waals surface area contributed by atoms with Crippen molar-refractivity contribution in [2.24, 2.45) is 5.73 Å². The molecule has 14 heteroatoms. The molecule has 0 saturated carbocycles. The predicted octanol–water partition coefficient (Wildman–Crippen LogP) is -2.47. The van der Waals surface area contributed by atoms with Gasteiger partial charge in [0.1, 0.15) is 23.9 Å². The second kappa shape index (κ2) is 12.5. The van der Waals surface area contributed by atoms with Gasteiger partial charge in [-0.1, -0.05) is 0 Å². The van der Waals surface area contributed by atoms with Crippen LogP contribution in [0.3, 0.4) is 0 Å². The maximum atomic E-state index is 12.0. The number of carboxylic acid groups (broad SMARTS) is 4. The molecule has 3 unspecified atom stereocenters. The van der Waals surface area contributed by atoms with Gasteiger partial charge in [-0.2, -0.15) is 0 Å². The Balaban J connectivity index is 4.98. The summed E-state index contributed by atoms with van der Waals surface area (Å²) < 4.78 is 0. The summed E-state index contributed by atoms with van der Waals surface area (Å²) >= 11 is 0.578.